The number of hydrogen-bond acceptors (Lipinski definition) is 3. The van der Waals surface area contributed by atoms with Crippen LogP contribution in [0.5, 0.6) is 0 Å². The summed E-state index contributed by atoms with van der Waals surface area (Å²) in [6, 6.07) is 8.86. The normalized spacial score (nSPS) is 12.2. The molecule has 6 nitrogen and oxygen atoms in total. The number of benzene rings is 1. The van der Waals surface area contributed by atoms with E-state index in [1.165, 1.54) is 0 Å². The third-order valence-corrected chi connectivity index (χ3v) is 4.07. The number of carboxylic acids is 1. The molecule has 25 heavy (non-hydrogen) atoms. The molecule has 6 heteroatoms. The zero-order chi connectivity index (χ0) is 18.7. The first-order valence-electron chi connectivity index (χ1n) is 8.19. The summed E-state index contributed by atoms with van der Waals surface area (Å²) in [5, 5.41) is 12.3. The van der Waals surface area contributed by atoms with E-state index in [-0.39, 0.29) is 17.5 Å². The summed E-state index contributed by atoms with van der Waals surface area (Å²) in [7, 11) is 3.91. The van der Waals surface area contributed by atoms with Crippen LogP contribution in [0.4, 0.5) is 0 Å². The summed E-state index contributed by atoms with van der Waals surface area (Å²) in [4.78, 5) is 26.1. The lowest BCUT2D eigenvalue weighted by Crippen LogP contribution is -2.39. The van der Waals surface area contributed by atoms with Gasteiger partial charge in [-0.2, -0.15) is 0 Å². The van der Waals surface area contributed by atoms with Gasteiger partial charge in [-0.15, -0.1) is 0 Å². The van der Waals surface area contributed by atoms with E-state index in [0.717, 1.165) is 12.2 Å². The predicted octanol–water partition coefficient (Wildman–Crippen LogP) is 2.47. The zero-order valence-electron chi connectivity index (χ0n) is 15.3. The SMILES string of the molecule is Cc1cc(C(=O)O)c(C)n1-c1ccccc1C(=O)NC(C)CN(C)C. The Morgan fingerprint density at radius 3 is 2.40 bits per heavy atom. The number of likely N-dealkylation sites (N-methyl/N-ethyl adjacent to an activating group) is 1. The molecule has 0 aliphatic rings. The molecule has 134 valence electrons. The number of rotatable bonds is 6. The van der Waals surface area contributed by atoms with Gasteiger partial charge in [0.05, 0.1) is 16.8 Å². The maximum atomic E-state index is 12.7. The van der Waals surface area contributed by atoms with Crippen molar-refractivity contribution in [2.24, 2.45) is 0 Å². The number of carboxylic acid groups (broad SMARTS) is 1. The molecule has 0 spiro atoms. The van der Waals surface area contributed by atoms with Crippen molar-refractivity contribution in [3.8, 4) is 5.69 Å². The van der Waals surface area contributed by atoms with Gasteiger partial charge in [0, 0.05) is 24.0 Å². The number of aryl methyl sites for hydroxylation is 1. The first-order valence-corrected chi connectivity index (χ1v) is 8.19. The number of nitrogens with zero attached hydrogens (tertiary/aromatic N) is 2. The highest BCUT2D eigenvalue weighted by Gasteiger charge is 2.20. The standard InChI is InChI=1S/C19H25N3O3/c1-12(11-21(4)5)20-18(23)15-8-6-7-9-17(15)22-13(2)10-16(14(22)3)19(24)25/h6-10,12H,11H2,1-5H3,(H,20,23)(H,24,25). The smallest absolute Gasteiger partial charge is 0.337 e. The van der Waals surface area contributed by atoms with Gasteiger partial charge in [0.15, 0.2) is 0 Å². The number of nitrogens with one attached hydrogen (secondary N) is 1. The Bertz CT molecular complexity index is 793. The van der Waals surface area contributed by atoms with Crippen molar-refractivity contribution < 1.29 is 14.7 Å². The number of aromatic nitrogens is 1. The Labute approximate surface area is 148 Å². The predicted molar refractivity (Wildman–Crippen MR) is 97.7 cm³/mol. The van der Waals surface area contributed by atoms with Crippen LogP contribution < -0.4 is 5.32 Å². The van der Waals surface area contributed by atoms with Crippen LogP contribution in [0.3, 0.4) is 0 Å². The van der Waals surface area contributed by atoms with Crippen molar-refractivity contribution in [1.82, 2.24) is 14.8 Å². The van der Waals surface area contributed by atoms with Crippen molar-refractivity contribution in [2.75, 3.05) is 20.6 Å². The van der Waals surface area contributed by atoms with Crippen molar-refractivity contribution >= 4 is 11.9 Å². The fraction of sp³-hybridized carbons (Fsp3) is 0.368. The van der Waals surface area contributed by atoms with Gasteiger partial charge in [0.2, 0.25) is 0 Å². The molecular weight excluding hydrogens is 318 g/mol. The second-order valence-corrected chi connectivity index (χ2v) is 6.58. The summed E-state index contributed by atoms with van der Waals surface area (Å²) >= 11 is 0. The molecular formula is C19H25N3O3. The summed E-state index contributed by atoms with van der Waals surface area (Å²) in [5.41, 5.74) is 2.82. The van der Waals surface area contributed by atoms with Crippen LogP contribution in [0.25, 0.3) is 5.69 Å². The largest absolute Gasteiger partial charge is 0.478 e. The molecule has 2 rings (SSSR count). The van der Waals surface area contributed by atoms with Crippen molar-refractivity contribution in [1.29, 1.82) is 0 Å². The Morgan fingerprint density at radius 2 is 1.84 bits per heavy atom. The van der Waals surface area contributed by atoms with Crippen molar-refractivity contribution in [3.63, 3.8) is 0 Å². The minimum absolute atomic E-state index is 0.00278. The van der Waals surface area contributed by atoms with Crippen LogP contribution in [0.1, 0.15) is 39.0 Å². The highest BCUT2D eigenvalue weighted by atomic mass is 16.4. The quantitative estimate of drug-likeness (QED) is 0.845. The highest BCUT2D eigenvalue weighted by molar-refractivity contribution is 5.98. The van der Waals surface area contributed by atoms with E-state index in [0.29, 0.717) is 16.9 Å². The minimum Gasteiger partial charge on any atom is -0.478 e. The van der Waals surface area contributed by atoms with E-state index in [4.69, 9.17) is 0 Å². The zero-order valence-corrected chi connectivity index (χ0v) is 15.3. The minimum atomic E-state index is -0.971. The van der Waals surface area contributed by atoms with Gasteiger partial charge in [-0.1, -0.05) is 12.1 Å². The molecule has 1 heterocycles. The third kappa shape index (κ3) is 4.09. The molecule has 1 aromatic heterocycles. The summed E-state index contributed by atoms with van der Waals surface area (Å²) in [6.45, 7) is 6.27. The maximum absolute atomic E-state index is 12.7. The van der Waals surface area contributed by atoms with Crippen LogP contribution in [0.2, 0.25) is 0 Å². The molecule has 1 atom stereocenters. The molecule has 1 amide bonds. The first-order chi connectivity index (χ1) is 11.7. The first kappa shape index (κ1) is 18.7. The third-order valence-electron chi connectivity index (χ3n) is 4.07. The fourth-order valence-corrected chi connectivity index (χ4v) is 3.11. The Kier molecular flexibility index (Phi) is 5.64. The summed E-state index contributed by atoms with van der Waals surface area (Å²) in [5.74, 6) is -1.14. The maximum Gasteiger partial charge on any atom is 0.337 e. The number of carbonyl (C=O) groups excluding carboxylic acids is 1. The molecule has 1 unspecified atom stereocenters. The van der Waals surface area contributed by atoms with E-state index in [1.807, 2.05) is 49.5 Å². The molecule has 2 N–H and O–H groups in total. The van der Waals surface area contributed by atoms with Crippen LogP contribution in [-0.4, -0.2) is 53.1 Å². The highest BCUT2D eigenvalue weighted by Crippen LogP contribution is 2.23. The van der Waals surface area contributed by atoms with E-state index in [1.54, 1.807) is 25.1 Å². The number of aromatic carboxylic acids is 1. The van der Waals surface area contributed by atoms with Gasteiger partial charge in [0.1, 0.15) is 0 Å². The molecule has 1 aromatic carbocycles. The second kappa shape index (κ2) is 7.53. The van der Waals surface area contributed by atoms with Crippen molar-refractivity contribution in [3.05, 3.63) is 52.8 Å². The lowest BCUT2D eigenvalue weighted by molar-refractivity contribution is 0.0696. The molecule has 0 bridgehead atoms. The summed E-state index contributed by atoms with van der Waals surface area (Å²) in [6.07, 6.45) is 0. The lowest BCUT2D eigenvalue weighted by Gasteiger charge is -2.20. The average molecular weight is 343 g/mol. The number of carbonyl (C=O) groups is 2. The number of hydrogen-bond donors (Lipinski definition) is 2. The molecule has 0 radical (unpaired) electrons. The van der Waals surface area contributed by atoms with Gasteiger partial charge >= 0.3 is 5.97 Å². The molecule has 0 aliphatic carbocycles. The van der Waals surface area contributed by atoms with Crippen molar-refractivity contribution in [2.45, 2.75) is 26.8 Å². The molecule has 0 saturated carbocycles. The topological polar surface area (TPSA) is 74.6 Å². The van der Waals surface area contributed by atoms with Gasteiger partial charge in [0.25, 0.3) is 5.91 Å². The van der Waals surface area contributed by atoms with Gasteiger partial charge in [-0.25, -0.2) is 4.79 Å². The second-order valence-electron chi connectivity index (χ2n) is 6.58. The van der Waals surface area contributed by atoms with Crippen LogP contribution in [0.15, 0.2) is 30.3 Å². The molecule has 0 aliphatic heterocycles. The van der Waals surface area contributed by atoms with Crippen LogP contribution in [-0.2, 0) is 0 Å². The van der Waals surface area contributed by atoms with Gasteiger partial charge in [-0.05, 0) is 53.1 Å². The van der Waals surface area contributed by atoms with E-state index in [2.05, 4.69) is 5.32 Å². The number of amides is 1. The Morgan fingerprint density at radius 1 is 1.20 bits per heavy atom. The Balaban J connectivity index is 2.43. The van der Waals surface area contributed by atoms with Crippen LogP contribution >= 0.6 is 0 Å². The average Bonchev–Trinajstić information content (AvgIpc) is 2.81. The van der Waals surface area contributed by atoms with E-state index >= 15 is 0 Å². The Hall–Kier alpha value is -2.60. The molecule has 2 aromatic rings. The van der Waals surface area contributed by atoms with Gasteiger partial charge in [-0.3, -0.25) is 4.79 Å². The number of para-hydroxylation sites is 1. The molecule has 0 saturated heterocycles. The molecule has 0 fully saturated rings. The monoisotopic (exact) mass is 343 g/mol. The van der Waals surface area contributed by atoms with Gasteiger partial charge < -0.3 is 19.9 Å². The fourth-order valence-electron chi connectivity index (χ4n) is 3.11. The lowest BCUT2D eigenvalue weighted by atomic mass is 10.1. The van der Waals surface area contributed by atoms with E-state index < -0.39 is 5.97 Å². The summed E-state index contributed by atoms with van der Waals surface area (Å²) < 4.78 is 1.81. The van der Waals surface area contributed by atoms with E-state index in [9.17, 15) is 14.7 Å². The van der Waals surface area contributed by atoms with Crippen LogP contribution in [0, 0.1) is 13.8 Å².